The number of carbonyl (C=O) groups is 1. The van der Waals surface area contributed by atoms with E-state index in [1.807, 2.05) is 12.1 Å². The van der Waals surface area contributed by atoms with Crippen molar-refractivity contribution in [1.29, 1.82) is 0 Å². The maximum atomic E-state index is 12.4. The summed E-state index contributed by atoms with van der Waals surface area (Å²) in [5.41, 5.74) is 1.46. The highest BCUT2D eigenvalue weighted by atomic mass is 32.2. The van der Waals surface area contributed by atoms with Gasteiger partial charge in [0.2, 0.25) is 5.91 Å². The van der Waals surface area contributed by atoms with Crippen LogP contribution in [0.1, 0.15) is 26.3 Å². The molecule has 0 fully saturated rings. The van der Waals surface area contributed by atoms with Crippen molar-refractivity contribution in [2.24, 2.45) is 0 Å². The first-order valence-corrected chi connectivity index (χ1v) is 10.4. The molecule has 142 valence electrons. The fraction of sp³-hybridized carbons (Fsp3) is 0.389. The average molecular weight is 397 g/mol. The molecule has 1 heterocycles. The van der Waals surface area contributed by atoms with E-state index in [0.29, 0.717) is 11.4 Å². The molecule has 0 radical (unpaired) electrons. The van der Waals surface area contributed by atoms with Gasteiger partial charge in [0.05, 0.1) is 19.3 Å². The fourth-order valence-electron chi connectivity index (χ4n) is 2.31. The Morgan fingerprint density at radius 2 is 1.96 bits per heavy atom. The molecule has 8 heteroatoms. The van der Waals surface area contributed by atoms with Crippen LogP contribution in [-0.4, -0.2) is 39.3 Å². The van der Waals surface area contributed by atoms with Crippen molar-refractivity contribution in [3.8, 4) is 5.75 Å². The van der Waals surface area contributed by atoms with Crippen molar-refractivity contribution in [2.75, 3.05) is 26.0 Å². The second-order valence-corrected chi connectivity index (χ2v) is 10.1. The molecule has 0 aliphatic heterocycles. The third-order valence-corrected chi connectivity index (χ3v) is 7.04. The summed E-state index contributed by atoms with van der Waals surface area (Å²) in [6, 6.07) is 8.77. The maximum Gasteiger partial charge on any atom is 0.252 e. The molecule has 1 aromatic carbocycles. The summed E-state index contributed by atoms with van der Waals surface area (Å²) in [6.45, 7) is 5.93. The zero-order chi connectivity index (χ0) is 19.5. The minimum Gasteiger partial charge on any atom is -0.495 e. The highest BCUT2D eigenvalue weighted by Gasteiger charge is 2.24. The smallest absolute Gasteiger partial charge is 0.252 e. The average Bonchev–Trinajstić information content (AvgIpc) is 3.09. The summed E-state index contributed by atoms with van der Waals surface area (Å²) in [7, 11) is -0.761. The number of thiophene rings is 1. The van der Waals surface area contributed by atoms with Crippen molar-refractivity contribution in [3.05, 3.63) is 41.3 Å². The monoisotopic (exact) mass is 396 g/mol. The molecule has 0 spiro atoms. The molecule has 2 aromatic rings. The minimum absolute atomic E-state index is 0.0922. The molecule has 0 aliphatic rings. The molecule has 0 unspecified atom stereocenters. The number of hydrogen-bond acceptors (Lipinski definition) is 5. The molecule has 1 amide bonds. The number of nitrogens with zero attached hydrogens (tertiary/aromatic N) is 1. The van der Waals surface area contributed by atoms with Crippen molar-refractivity contribution in [3.63, 3.8) is 0 Å². The Balaban J connectivity index is 2.17. The van der Waals surface area contributed by atoms with Gasteiger partial charge in [0.15, 0.2) is 0 Å². The topological polar surface area (TPSA) is 75.7 Å². The van der Waals surface area contributed by atoms with Crippen molar-refractivity contribution >= 4 is 33.0 Å². The van der Waals surface area contributed by atoms with E-state index in [4.69, 9.17) is 4.74 Å². The Bertz CT molecular complexity index is 869. The van der Waals surface area contributed by atoms with Gasteiger partial charge in [0.1, 0.15) is 9.96 Å². The number of carbonyl (C=O) groups excluding carboxylic acids is 1. The van der Waals surface area contributed by atoms with Gasteiger partial charge in [-0.15, -0.1) is 11.3 Å². The second kappa shape index (κ2) is 7.77. The van der Waals surface area contributed by atoms with Crippen LogP contribution in [0, 0.1) is 0 Å². The zero-order valence-electron chi connectivity index (χ0n) is 15.6. The van der Waals surface area contributed by atoms with Crippen molar-refractivity contribution < 1.29 is 17.9 Å². The second-order valence-electron chi connectivity index (χ2n) is 6.91. The summed E-state index contributed by atoms with van der Waals surface area (Å²) in [5, 5.41) is 4.44. The predicted octanol–water partition coefficient (Wildman–Crippen LogP) is 3.31. The van der Waals surface area contributed by atoms with Gasteiger partial charge in [-0.3, -0.25) is 4.79 Å². The Morgan fingerprint density at radius 1 is 1.27 bits per heavy atom. The van der Waals surface area contributed by atoms with Crippen LogP contribution >= 0.6 is 11.3 Å². The first kappa shape index (κ1) is 20.4. The molecule has 2 rings (SSSR count). The van der Waals surface area contributed by atoms with Crippen LogP contribution in [0.4, 0.5) is 5.69 Å². The summed E-state index contributed by atoms with van der Waals surface area (Å²) in [5.74, 6) is 0.0899. The zero-order valence-corrected chi connectivity index (χ0v) is 17.2. The van der Waals surface area contributed by atoms with Crippen LogP contribution in [0.5, 0.6) is 5.75 Å². The summed E-state index contributed by atoms with van der Waals surface area (Å²) in [4.78, 5) is 12.4. The summed E-state index contributed by atoms with van der Waals surface area (Å²) >= 11 is 1.12. The fourth-order valence-corrected chi connectivity index (χ4v) is 4.64. The number of methoxy groups -OCH3 is 1. The quantitative estimate of drug-likeness (QED) is 0.813. The van der Waals surface area contributed by atoms with E-state index in [0.717, 1.165) is 21.2 Å². The van der Waals surface area contributed by atoms with Crippen LogP contribution in [-0.2, 0) is 20.2 Å². The van der Waals surface area contributed by atoms with Gasteiger partial charge in [-0.2, -0.15) is 4.31 Å². The Labute approximate surface area is 158 Å². The predicted molar refractivity (Wildman–Crippen MR) is 104 cm³/mol. The number of nitrogens with one attached hydrogen (secondary N) is 1. The number of likely N-dealkylation sites (N-methyl/N-ethyl adjacent to an activating group) is 1. The molecular formula is C18H24N2O4S2. The van der Waals surface area contributed by atoms with E-state index in [-0.39, 0.29) is 16.2 Å². The van der Waals surface area contributed by atoms with E-state index < -0.39 is 15.9 Å². The van der Waals surface area contributed by atoms with Gasteiger partial charge in [-0.25, -0.2) is 8.42 Å². The molecule has 0 saturated carbocycles. The standard InChI is InChI=1S/C18H24N2O4S2/c1-18(2,3)13-8-9-15(24-5)14(11-13)19-16(21)12-20(4)26(22,23)17-7-6-10-25-17/h6-11H,12H2,1-5H3,(H,19,21). The largest absolute Gasteiger partial charge is 0.495 e. The van der Waals surface area contributed by atoms with Gasteiger partial charge in [-0.1, -0.05) is 32.9 Å². The molecular weight excluding hydrogens is 372 g/mol. The van der Waals surface area contributed by atoms with Gasteiger partial charge < -0.3 is 10.1 Å². The first-order chi connectivity index (χ1) is 12.1. The third-order valence-electron chi connectivity index (χ3n) is 3.87. The normalized spacial score (nSPS) is 12.2. The van der Waals surface area contributed by atoms with Crippen LogP contribution in [0.2, 0.25) is 0 Å². The van der Waals surface area contributed by atoms with E-state index in [9.17, 15) is 13.2 Å². The number of hydrogen-bond donors (Lipinski definition) is 1. The van der Waals surface area contributed by atoms with E-state index in [2.05, 4.69) is 26.1 Å². The van der Waals surface area contributed by atoms with Gasteiger partial charge in [0.25, 0.3) is 10.0 Å². The van der Waals surface area contributed by atoms with Crippen LogP contribution in [0.25, 0.3) is 0 Å². The van der Waals surface area contributed by atoms with Gasteiger partial charge >= 0.3 is 0 Å². The molecule has 0 atom stereocenters. The minimum atomic E-state index is -3.67. The molecule has 0 saturated heterocycles. The van der Waals surface area contributed by atoms with Gasteiger partial charge in [-0.05, 0) is 34.6 Å². The number of benzene rings is 1. The Morgan fingerprint density at radius 3 is 2.50 bits per heavy atom. The highest BCUT2D eigenvalue weighted by Crippen LogP contribution is 2.31. The number of sulfonamides is 1. The number of amides is 1. The summed E-state index contributed by atoms with van der Waals surface area (Å²) in [6.07, 6.45) is 0. The lowest BCUT2D eigenvalue weighted by Crippen LogP contribution is -2.34. The number of anilines is 1. The van der Waals surface area contributed by atoms with Crippen LogP contribution < -0.4 is 10.1 Å². The molecule has 6 nitrogen and oxygen atoms in total. The van der Waals surface area contributed by atoms with Crippen molar-refractivity contribution in [2.45, 2.75) is 30.4 Å². The van der Waals surface area contributed by atoms with Crippen LogP contribution in [0.15, 0.2) is 39.9 Å². The Hall–Kier alpha value is -1.90. The molecule has 1 N–H and O–H groups in total. The number of ether oxygens (including phenoxy) is 1. The first-order valence-electron chi connectivity index (χ1n) is 8.04. The van der Waals surface area contributed by atoms with E-state index >= 15 is 0 Å². The lowest BCUT2D eigenvalue weighted by atomic mass is 9.87. The lowest BCUT2D eigenvalue weighted by Gasteiger charge is -2.22. The highest BCUT2D eigenvalue weighted by molar-refractivity contribution is 7.91. The van der Waals surface area contributed by atoms with Crippen molar-refractivity contribution in [1.82, 2.24) is 4.31 Å². The van der Waals surface area contributed by atoms with E-state index in [1.165, 1.54) is 20.2 Å². The summed E-state index contributed by atoms with van der Waals surface area (Å²) < 4.78 is 31.4. The third kappa shape index (κ3) is 4.63. The van der Waals surface area contributed by atoms with Crippen LogP contribution in [0.3, 0.4) is 0 Å². The van der Waals surface area contributed by atoms with E-state index in [1.54, 1.807) is 17.5 Å². The lowest BCUT2D eigenvalue weighted by molar-refractivity contribution is -0.116. The molecule has 26 heavy (non-hydrogen) atoms. The number of rotatable bonds is 6. The molecule has 1 aromatic heterocycles. The molecule has 0 bridgehead atoms. The Kier molecular flexibility index (Phi) is 6.10. The molecule has 0 aliphatic carbocycles. The van der Waals surface area contributed by atoms with Gasteiger partial charge in [0, 0.05) is 7.05 Å². The maximum absolute atomic E-state index is 12.4. The SMILES string of the molecule is COc1ccc(C(C)(C)C)cc1NC(=O)CN(C)S(=O)(=O)c1cccs1.